The van der Waals surface area contributed by atoms with Crippen molar-refractivity contribution in [1.29, 1.82) is 0 Å². The normalized spacial score (nSPS) is 10.2. The van der Waals surface area contributed by atoms with Crippen molar-refractivity contribution in [2.24, 2.45) is 0 Å². The van der Waals surface area contributed by atoms with E-state index in [0.717, 1.165) is 17.2 Å². The van der Waals surface area contributed by atoms with Crippen LogP contribution in [0.25, 0.3) is 0 Å². The summed E-state index contributed by atoms with van der Waals surface area (Å²) in [6.07, 6.45) is 1.66. The third-order valence-electron chi connectivity index (χ3n) is 2.69. The zero-order valence-electron chi connectivity index (χ0n) is 11.9. The van der Waals surface area contributed by atoms with Crippen LogP contribution in [0.3, 0.4) is 0 Å². The molecule has 0 N–H and O–H groups in total. The summed E-state index contributed by atoms with van der Waals surface area (Å²) in [6, 6.07) is 11.3. The van der Waals surface area contributed by atoms with Gasteiger partial charge in [-0.05, 0) is 31.2 Å². The molecule has 0 atom stereocenters. The van der Waals surface area contributed by atoms with Gasteiger partial charge in [0.2, 0.25) is 0 Å². The van der Waals surface area contributed by atoms with E-state index in [4.69, 9.17) is 25.8 Å². The maximum atomic E-state index is 5.68. The Kier molecular flexibility index (Phi) is 6.16. The summed E-state index contributed by atoms with van der Waals surface area (Å²) >= 11 is 5.68. The van der Waals surface area contributed by atoms with Gasteiger partial charge in [0.15, 0.2) is 11.5 Å². The molecule has 0 radical (unpaired) electrons. The maximum Gasteiger partial charge on any atom is 0.161 e. The number of hydrogen-bond donors (Lipinski definition) is 0. The fraction of sp³-hybridized carbons (Fsp3) is 0.312. The topological polar surface area (TPSA) is 40.6 Å². The first kappa shape index (κ1) is 15.4. The van der Waals surface area contributed by atoms with Gasteiger partial charge in [-0.2, -0.15) is 0 Å². The number of halogens is 1. The van der Waals surface area contributed by atoms with Gasteiger partial charge in [-0.1, -0.05) is 12.1 Å². The number of alkyl halides is 1. The zero-order chi connectivity index (χ0) is 14.9. The van der Waals surface area contributed by atoms with Crippen LogP contribution in [0.5, 0.6) is 17.2 Å². The van der Waals surface area contributed by atoms with Crippen LogP contribution in [0.2, 0.25) is 0 Å². The smallest absolute Gasteiger partial charge is 0.161 e. The summed E-state index contributed by atoms with van der Waals surface area (Å²) in [5.74, 6) is 2.56. The molecule has 0 amide bonds. The van der Waals surface area contributed by atoms with Gasteiger partial charge in [0.25, 0.3) is 0 Å². The molecule has 0 aliphatic carbocycles. The van der Waals surface area contributed by atoms with Crippen LogP contribution in [0, 0.1) is 0 Å². The minimum absolute atomic E-state index is 0.400. The molecule has 1 aromatic carbocycles. The molecule has 0 saturated carbocycles. The Balaban J connectivity index is 1.79. The van der Waals surface area contributed by atoms with E-state index in [1.807, 2.05) is 43.3 Å². The molecule has 1 aromatic heterocycles. The highest BCUT2D eigenvalue weighted by atomic mass is 35.5. The Morgan fingerprint density at radius 2 is 1.67 bits per heavy atom. The molecule has 0 unspecified atom stereocenters. The molecule has 4 nitrogen and oxygen atoms in total. The van der Waals surface area contributed by atoms with Crippen LogP contribution >= 0.6 is 11.6 Å². The van der Waals surface area contributed by atoms with Crippen LogP contribution in [0.1, 0.15) is 12.6 Å². The molecule has 21 heavy (non-hydrogen) atoms. The molecule has 2 aromatic rings. The number of nitrogens with zero attached hydrogens (tertiary/aromatic N) is 1. The highest BCUT2D eigenvalue weighted by molar-refractivity contribution is 6.16. The van der Waals surface area contributed by atoms with Gasteiger partial charge in [0, 0.05) is 0 Å². The van der Waals surface area contributed by atoms with E-state index in [2.05, 4.69) is 4.98 Å². The van der Waals surface area contributed by atoms with Crippen molar-refractivity contribution < 1.29 is 14.2 Å². The summed E-state index contributed by atoms with van der Waals surface area (Å²) in [5, 5.41) is 0. The Bertz CT molecular complexity index is 545. The minimum atomic E-state index is 0.400. The molecule has 0 bridgehead atoms. The highest BCUT2D eigenvalue weighted by Crippen LogP contribution is 2.26. The lowest BCUT2D eigenvalue weighted by atomic mass is 10.3. The van der Waals surface area contributed by atoms with Crippen molar-refractivity contribution in [3.63, 3.8) is 0 Å². The average Bonchev–Trinajstić information content (AvgIpc) is 2.54. The molecule has 112 valence electrons. The number of hydrogen-bond acceptors (Lipinski definition) is 4. The van der Waals surface area contributed by atoms with Crippen LogP contribution in [-0.4, -0.2) is 24.8 Å². The Morgan fingerprint density at radius 3 is 2.29 bits per heavy atom. The maximum absolute atomic E-state index is 5.68. The quantitative estimate of drug-likeness (QED) is 0.551. The van der Waals surface area contributed by atoms with E-state index >= 15 is 0 Å². The molecule has 5 heteroatoms. The van der Waals surface area contributed by atoms with Crippen LogP contribution < -0.4 is 14.2 Å². The second-order valence-corrected chi connectivity index (χ2v) is 4.46. The fourth-order valence-electron chi connectivity index (χ4n) is 1.73. The van der Waals surface area contributed by atoms with Crippen molar-refractivity contribution in [2.45, 2.75) is 12.8 Å². The van der Waals surface area contributed by atoms with Crippen molar-refractivity contribution in [2.75, 3.05) is 19.8 Å². The van der Waals surface area contributed by atoms with E-state index < -0.39 is 0 Å². The molecular formula is C16H18ClNO3. The second-order valence-electron chi connectivity index (χ2n) is 4.20. The summed E-state index contributed by atoms with van der Waals surface area (Å²) in [4.78, 5) is 4.15. The van der Waals surface area contributed by atoms with Crippen LogP contribution in [0.15, 0.2) is 42.6 Å². The predicted octanol–water partition coefficient (Wildman–Crippen LogP) is 3.68. The standard InChI is InChI=1S/C16H18ClNO3/c1-2-19-15-5-3-4-6-16(15)21-10-9-20-14-8-7-13(11-17)18-12-14/h3-8,12H,2,9-11H2,1H3. The third kappa shape index (κ3) is 4.83. The summed E-state index contributed by atoms with van der Waals surface area (Å²) < 4.78 is 16.7. The number of pyridine rings is 1. The van der Waals surface area contributed by atoms with Crippen molar-refractivity contribution >= 4 is 11.6 Å². The van der Waals surface area contributed by atoms with Gasteiger partial charge in [-0.3, -0.25) is 4.98 Å². The molecule has 0 fully saturated rings. The second kappa shape index (κ2) is 8.37. The van der Waals surface area contributed by atoms with E-state index in [-0.39, 0.29) is 0 Å². The zero-order valence-corrected chi connectivity index (χ0v) is 12.7. The number of rotatable bonds is 8. The molecule has 2 rings (SSSR count). The van der Waals surface area contributed by atoms with E-state index in [1.54, 1.807) is 6.20 Å². The lowest BCUT2D eigenvalue weighted by Crippen LogP contribution is -2.10. The Labute approximate surface area is 129 Å². The van der Waals surface area contributed by atoms with Crippen molar-refractivity contribution in [1.82, 2.24) is 4.98 Å². The molecule has 0 saturated heterocycles. The molecular weight excluding hydrogens is 290 g/mol. The van der Waals surface area contributed by atoms with Gasteiger partial charge in [-0.15, -0.1) is 11.6 Å². The molecule has 1 heterocycles. The lowest BCUT2D eigenvalue weighted by molar-refractivity contribution is 0.208. The fourth-order valence-corrected chi connectivity index (χ4v) is 1.89. The number of para-hydroxylation sites is 2. The summed E-state index contributed by atoms with van der Waals surface area (Å²) in [6.45, 7) is 3.41. The van der Waals surface area contributed by atoms with Gasteiger partial charge in [0.05, 0.1) is 24.4 Å². The van der Waals surface area contributed by atoms with Crippen LogP contribution in [0.4, 0.5) is 0 Å². The first-order chi connectivity index (χ1) is 10.3. The van der Waals surface area contributed by atoms with E-state index in [0.29, 0.717) is 31.5 Å². The van der Waals surface area contributed by atoms with Gasteiger partial charge in [0.1, 0.15) is 19.0 Å². The summed E-state index contributed by atoms with van der Waals surface area (Å²) in [7, 11) is 0. The SMILES string of the molecule is CCOc1ccccc1OCCOc1ccc(CCl)nc1. The monoisotopic (exact) mass is 307 g/mol. The summed E-state index contributed by atoms with van der Waals surface area (Å²) in [5.41, 5.74) is 0.825. The first-order valence-electron chi connectivity index (χ1n) is 6.81. The van der Waals surface area contributed by atoms with Crippen molar-refractivity contribution in [3.8, 4) is 17.2 Å². The highest BCUT2D eigenvalue weighted by Gasteiger charge is 2.03. The Morgan fingerprint density at radius 1 is 0.952 bits per heavy atom. The largest absolute Gasteiger partial charge is 0.490 e. The lowest BCUT2D eigenvalue weighted by Gasteiger charge is -2.12. The number of ether oxygens (including phenoxy) is 3. The molecule has 0 aliphatic heterocycles. The first-order valence-corrected chi connectivity index (χ1v) is 7.35. The van der Waals surface area contributed by atoms with Gasteiger partial charge in [-0.25, -0.2) is 0 Å². The predicted molar refractivity (Wildman–Crippen MR) is 82.4 cm³/mol. The van der Waals surface area contributed by atoms with E-state index in [1.165, 1.54) is 0 Å². The third-order valence-corrected chi connectivity index (χ3v) is 2.97. The minimum Gasteiger partial charge on any atom is -0.490 e. The molecule has 0 aliphatic rings. The van der Waals surface area contributed by atoms with Gasteiger partial charge < -0.3 is 14.2 Å². The molecule has 0 spiro atoms. The number of benzene rings is 1. The van der Waals surface area contributed by atoms with Gasteiger partial charge >= 0.3 is 0 Å². The van der Waals surface area contributed by atoms with Crippen molar-refractivity contribution in [3.05, 3.63) is 48.3 Å². The van der Waals surface area contributed by atoms with E-state index in [9.17, 15) is 0 Å². The Hall–Kier alpha value is -1.94. The average molecular weight is 308 g/mol. The number of aromatic nitrogens is 1. The van der Waals surface area contributed by atoms with Crippen LogP contribution in [-0.2, 0) is 5.88 Å².